The highest BCUT2D eigenvalue weighted by atomic mass is 16.2. The van der Waals surface area contributed by atoms with Crippen LogP contribution in [0.4, 0.5) is 0 Å². The van der Waals surface area contributed by atoms with Crippen LogP contribution in [0.25, 0.3) is 0 Å². The van der Waals surface area contributed by atoms with Crippen molar-refractivity contribution in [2.75, 3.05) is 13.1 Å². The van der Waals surface area contributed by atoms with Crippen molar-refractivity contribution in [3.63, 3.8) is 0 Å². The molecular formula is C19H30N2O. The Morgan fingerprint density at radius 3 is 2.41 bits per heavy atom. The standard InChI is InChI=1S/C19H30N2O/c1-5-6-18(22)21-12-15(11-17(20)13-21)14-7-9-16(10-8-14)19(2,3)4/h7-10,15,17H,5-6,11-13,20H2,1-4H3. The predicted molar refractivity (Wildman–Crippen MR) is 92.0 cm³/mol. The van der Waals surface area contributed by atoms with E-state index in [4.69, 9.17) is 5.73 Å². The largest absolute Gasteiger partial charge is 0.341 e. The van der Waals surface area contributed by atoms with Gasteiger partial charge in [0.15, 0.2) is 0 Å². The molecule has 0 spiro atoms. The van der Waals surface area contributed by atoms with Crippen LogP contribution in [0.2, 0.25) is 0 Å². The first-order valence-electron chi connectivity index (χ1n) is 8.45. The van der Waals surface area contributed by atoms with E-state index in [1.807, 2.05) is 11.8 Å². The molecule has 3 nitrogen and oxygen atoms in total. The van der Waals surface area contributed by atoms with Gasteiger partial charge in [-0.3, -0.25) is 4.79 Å². The van der Waals surface area contributed by atoms with Gasteiger partial charge in [0.2, 0.25) is 5.91 Å². The van der Waals surface area contributed by atoms with Crippen LogP contribution in [0.15, 0.2) is 24.3 Å². The van der Waals surface area contributed by atoms with E-state index in [-0.39, 0.29) is 17.4 Å². The maximum Gasteiger partial charge on any atom is 0.222 e. The molecule has 1 aromatic carbocycles. The van der Waals surface area contributed by atoms with Gasteiger partial charge in [0.1, 0.15) is 0 Å². The molecule has 1 aliphatic rings. The fraction of sp³-hybridized carbons (Fsp3) is 0.632. The number of carbonyl (C=O) groups is 1. The Bertz CT molecular complexity index is 501. The first kappa shape index (κ1) is 17.0. The molecule has 0 bridgehead atoms. The quantitative estimate of drug-likeness (QED) is 0.930. The Morgan fingerprint density at radius 2 is 1.86 bits per heavy atom. The summed E-state index contributed by atoms with van der Waals surface area (Å²) in [7, 11) is 0. The van der Waals surface area contributed by atoms with Crippen LogP contribution in [0.3, 0.4) is 0 Å². The summed E-state index contributed by atoms with van der Waals surface area (Å²) in [6, 6.07) is 8.95. The topological polar surface area (TPSA) is 46.3 Å². The van der Waals surface area contributed by atoms with Crippen LogP contribution in [-0.2, 0) is 10.2 Å². The molecule has 0 aliphatic carbocycles. The normalized spacial score (nSPS) is 22.7. The van der Waals surface area contributed by atoms with E-state index in [0.29, 0.717) is 18.9 Å². The molecule has 1 heterocycles. The first-order chi connectivity index (χ1) is 10.3. The molecule has 1 aromatic rings. The molecule has 1 aliphatic heterocycles. The van der Waals surface area contributed by atoms with Gasteiger partial charge >= 0.3 is 0 Å². The SMILES string of the molecule is CCCC(=O)N1CC(N)CC(c2ccc(C(C)(C)C)cc2)C1. The Kier molecular flexibility index (Phi) is 5.28. The number of carbonyl (C=O) groups excluding carboxylic acids is 1. The summed E-state index contributed by atoms with van der Waals surface area (Å²) < 4.78 is 0. The number of piperidine rings is 1. The van der Waals surface area contributed by atoms with Crippen LogP contribution < -0.4 is 5.73 Å². The Morgan fingerprint density at radius 1 is 1.23 bits per heavy atom. The van der Waals surface area contributed by atoms with Crippen molar-refractivity contribution >= 4 is 5.91 Å². The molecule has 122 valence electrons. The summed E-state index contributed by atoms with van der Waals surface area (Å²) in [5.74, 6) is 0.604. The molecule has 1 saturated heterocycles. The summed E-state index contributed by atoms with van der Waals surface area (Å²) in [5.41, 5.74) is 9.01. The van der Waals surface area contributed by atoms with Crippen molar-refractivity contribution in [3.8, 4) is 0 Å². The van der Waals surface area contributed by atoms with Gasteiger partial charge in [-0.25, -0.2) is 0 Å². The van der Waals surface area contributed by atoms with E-state index >= 15 is 0 Å². The lowest BCUT2D eigenvalue weighted by Gasteiger charge is -2.37. The lowest BCUT2D eigenvalue weighted by Crippen LogP contribution is -2.48. The fourth-order valence-electron chi connectivity index (χ4n) is 3.21. The third-order valence-corrected chi connectivity index (χ3v) is 4.55. The third-order valence-electron chi connectivity index (χ3n) is 4.55. The van der Waals surface area contributed by atoms with Gasteiger partial charge in [-0.05, 0) is 29.4 Å². The number of nitrogens with two attached hydrogens (primary N) is 1. The summed E-state index contributed by atoms with van der Waals surface area (Å²) in [6.07, 6.45) is 2.49. The number of hydrogen-bond acceptors (Lipinski definition) is 2. The maximum absolute atomic E-state index is 12.2. The molecule has 0 aromatic heterocycles. The molecule has 2 atom stereocenters. The minimum Gasteiger partial charge on any atom is -0.341 e. The minimum absolute atomic E-state index is 0.0850. The zero-order valence-electron chi connectivity index (χ0n) is 14.4. The van der Waals surface area contributed by atoms with Crippen molar-refractivity contribution in [3.05, 3.63) is 35.4 Å². The van der Waals surface area contributed by atoms with E-state index in [2.05, 4.69) is 45.0 Å². The molecular weight excluding hydrogens is 272 g/mol. The number of nitrogens with zero attached hydrogens (tertiary/aromatic N) is 1. The minimum atomic E-state index is 0.0850. The Hall–Kier alpha value is -1.35. The van der Waals surface area contributed by atoms with Gasteiger partial charge in [0.05, 0.1) is 0 Å². The van der Waals surface area contributed by atoms with Crippen molar-refractivity contribution in [2.24, 2.45) is 5.73 Å². The number of likely N-dealkylation sites (tertiary alicyclic amines) is 1. The van der Waals surface area contributed by atoms with Crippen LogP contribution in [0, 0.1) is 0 Å². The second-order valence-corrected chi connectivity index (χ2v) is 7.61. The van der Waals surface area contributed by atoms with Gasteiger partial charge in [0, 0.05) is 31.5 Å². The van der Waals surface area contributed by atoms with Crippen LogP contribution in [0.5, 0.6) is 0 Å². The number of benzene rings is 1. The van der Waals surface area contributed by atoms with Gasteiger partial charge in [-0.1, -0.05) is 52.0 Å². The molecule has 2 rings (SSSR count). The monoisotopic (exact) mass is 302 g/mol. The zero-order valence-corrected chi connectivity index (χ0v) is 14.4. The van der Waals surface area contributed by atoms with E-state index in [0.717, 1.165) is 19.4 Å². The third kappa shape index (κ3) is 4.10. The molecule has 2 unspecified atom stereocenters. The summed E-state index contributed by atoms with van der Waals surface area (Å²) in [5, 5.41) is 0. The van der Waals surface area contributed by atoms with Crippen molar-refractivity contribution in [2.45, 2.75) is 64.3 Å². The van der Waals surface area contributed by atoms with E-state index < -0.39 is 0 Å². The van der Waals surface area contributed by atoms with Gasteiger partial charge in [-0.15, -0.1) is 0 Å². The molecule has 2 N–H and O–H groups in total. The zero-order chi connectivity index (χ0) is 16.3. The molecule has 3 heteroatoms. The van der Waals surface area contributed by atoms with Crippen LogP contribution >= 0.6 is 0 Å². The van der Waals surface area contributed by atoms with Crippen LogP contribution in [-0.4, -0.2) is 29.9 Å². The maximum atomic E-state index is 12.2. The molecule has 1 amide bonds. The average molecular weight is 302 g/mol. The summed E-state index contributed by atoms with van der Waals surface area (Å²) >= 11 is 0. The van der Waals surface area contributed by atoms with Gasteiger partial charge in [-0.2, -0.15) is 0 Å². The second-order valence-electron chi connectivity index (χ2n) is 7.61. The number of rotatable bonds is 3. The van der Waals surface area contributed by atoms with E-state index in [9.17, 15) is 4.79 Å². The van der Waals surface area contributed by atoms with Crippen LogP contribution in [0.1, 0.15) is 64.0 Å². The molecule has 0 radical (unpaired) electrons. The second kappa shape index (κ2) is 6.82. The lowest BCUT2D eigenvalue weighted by atomic mass is 9.83. The Balaban J connectivity index is 2.12. The van der Waals surface area contributed by atoms with Crippen molar-refractivity contribution in [1.82, 2.24) is 4.90 Å². The fourth-order valence-corrected chi connectivity index (χ4v) is 3.21. The highest BCUT2D eigenvalue weighted by molar-refractivity contribution is 5.76. The smallest absolute Gasteiger partial charge is 0.222 e. The molecule has 22 heavy (non-hydrogen) atoms. The average Bonchev–Trinajstić information content (AvgIpc) is 2.46. The molecule has 1 fully saturated rings. The van der Waals surface area contributed by atoms with Gasteiger partial charge < -0.3 is 10.6 Å². The number of hydrogen-bond donors (Lipinski definition) is 1. The van der Waals surface area contributed by atoms with Crippen molar-refractivity contribution in [1.29, 1.82) is 0 Å². The van der Waals surface area contributed by atoms with E-state index in [1.54, 1.807) is 0 Å². The van der Waals surface area contributed by atoms with Crippen molar-refractivity contribution < 1.29 is 4.79 Å². The number of amides is 1. The van der Waals surface area contributed by atoms with E-state index in [1.165, 1.54) is 11.1 Å². The predicted octanol–water partition coefficient (Wildman–Crippen LogP) is 3.43. The highest BCUT2D eigenvalue weighted by Gasteiger charge is 2.28. The highest BCUT2D eigenvalue weighted by Crippen LogP contribution is 2.29. The Labute approximate surface area is 134 Å². The summed E-state index contributed by atoms with van der Waals surface area (Å²) in [6.45, 7) is 10.2. The lowest BCUT2D eigenvalue weighted by molar-refractivity contribution is -0.132. The first-order valence-corrected chi connectivity index (χ1v) is 8.45. The summed E-state index contributed by atoms with van der Waals surface area (Å²) in [4.78, 5) is 14.1. The molecule has 0 saturated carbocycles. The van der Waals surface area contributed by atoms with Gasteiger partial charge in [0.25, 0.3) is 0 Å².